The van der Waals surface area contributed by atoms with Crippen LogP contribution in [0.1, 0.15) is 44.8 Å². The Bertz CT molecular complexity index is 1590. The molecule has 39 heavy (non-hydrogen) atoms. The van der Waals surface area contributed by atoms with Gasteiger partial charge in [0.25, 0.3) is 11.8 Å². The van der Waals surface area contributed by atoms with Gasteiger partial charge in [0, 0.05) is 37.0 Å². The van der Waals surface area contributed by atoms with E-state index in [0.717, 1.165) is 18.4 Å². The van der Waals surface area contributed by atoms with Gasteiger partial charge in [0.1, 0.15) is 18.0 Å². The number of pyridine rings is 1. The maximum atomic E-state index is 14.1. The molecule has 200 valence electrons. The van der Waals surface area contributed by atoms with E-state index < -0.39 is 35.3 Å². The van der Waals surface area contributed by atoms with Crippen LogP contribution in [0.4, 0.5) is 13.2 Å². The topological polar surface area (TPSA) is 80.6 Å². The first kappa shape index (κ1) is 24.0. The van der Waals surface area contributed by atoms with E-state index in [2.05, 4.69) is 5.32 Å². The average Bonchev–Trinajstić information content (AvgIpc) is 3.54. The van der Waals surface area contributed by atoms with Crippen LogP contribution in [0.3, 0.4) is 0 Å². The van der Waals surface area contributed by atoms with Crippen LogP contribution >= 0.6 is 0 Å². The standard InChI is InChI=1S/C29H24F3N3O4/c30-20-9-22(32)21(31)6-15(20)10-33-28(37)19-11-34-12-24-18-8-23(17-7-16(17)18)35(24)29(38)25(34)27(26(19)36)39-13-14-4-2-1-3-5-14/h1-6,9,11,16-18,23-24H,7-8,10,12-13H2,(H,33,37)/t16-,17+,18?,23?,24+/m1/s1. The van der Waals surface area contributed by atoms with Crippen molar-refractivity contribution in [2.75, 3.05) is 0 Å². The minimum absolute atomic E-state index is 0.00424. The Hall–Kier alpha value is -4.08. The Morgan fingerprint density at radius 2 is 1.69 bits per heavy atom. The molecule has 2 amide bonds. The summed E-state index contributed by atoms with van der Waals surface area (Å²) in [5.74, 6) is -3.36. The maximum Gasteiger partial charge on any atom is 0.275 e. The predicted molar refractivity (Wildman–Crippen MR) is 132 cm³/mol. The minimum Gasteiger partial charge on any atom is -0.483 e. The van der Waals surface area contributed by atoms with Crippen LogP contribution in [0.15, 0.2) is 53.5 Å². The van der Waals surface area contributed by atoms with Crippen molar-refractivity contribution in [3.8, 4) is 5.75 Å². The van der Waals surface area contributed by atoms with Gasteiger partial charge >= 0.3 is 0 Å². The van der Waals surface area contributed by atoms with Crippen molar-refractivity contribution in [3.05, 3.63) is 98.7 Å². The normalized spacial score (nSPS) is 25.7. The number of hydrogen-bond donors (Lipinski definition) is 1. The van der Waals surface area contributed by atoms with Crippen LogP contribution in [0.5, 0.6) is 5.75 Å². The smallest absolute Gasteiger partial charge is 0.275 e. The number of nitrogens with zero attached hydrogens (tertiary/aromatic N) is 2. The van der Waals surface area contributed by atoms with Crippen molar-refractivity contribution in [2.24, 2.45) is 17.8 Å². The van der Waals surface area contributed by atoms with Gasteiger partial charge in [0.2, 0.25) is 5.43 Å². The van der Waals surface area contributed by atoms with E-state index in [9.17, 15) is 27.6 Å². The summed E-state index contributed by atoms with van der Waals surface area (Å²) in [7, 11) is 0. The van der Waals surface area contributed by atoms with Crippen LogP contribution in [-0.4, -0.2) is 33.4 Å². The Labute approximate surface area is 221 Å². The number of halogens is 3. The van der Waals surface area contributed by atoms with Gasteiger partial charge in [-0.1, -0.05) is 30.3 Å². The van der Waals surface area contributed by atoms with E-state index in [1.54, 1.807) is 4.57 Å². The number of ether oxygens (including phenoxy) is 1. The van der Waals surface area contributed by atoms with Crippen molar-refractivity contribution in [1.29, 1.82) is 0 Å². The molecule has 5 atom stereocenters. The number of nitrogens with one attached hydrogen (secondary N) is 1. The molecule has 3 aromatic rings. The third kappa shape index (κ3) is 3.76. The van der Waals surface area contributed by atoms with Crippen LogP contribution in [0.25, 0.3) is 0 Å². The second-order valence-electron chi connectivity index (χ2n) is 10.8. The highest BCUT2D eigenvalue weighted by atomic mass is 19.2. The first-order valence-electron chi connectivity index (χ1n) is 13.0. The Balaban J connectivity index is 1.24. The SMILES string of the molecule is O=C(NCc1cc(F)c(F)cc1F)c1cn2c(c(OCc3ccccc3)c1=O)C(=O)N1C3CC([C@@H]4C[C@H]34)[C@@H]1C2. The fraction of sp³-hybridized carbons (Fsp3) is 0.345. The molecule has 1 N–H and O–H groups in total. The van der Waals surface area contributed by atoms with Crippen molar-refractivity contribution in [2.45, 2.75) is 44.6 Å². The van der Waals surface area contributed by atoms with Crippen molar-refractivity contribution in [3.63, 3.8) is 0 Å². The lowest BCUT2D eigenvalue weighted by Crippen LogP contribution is -2.53. The van der Waals surface area contributed by atoms with Gasteiger partial charge in [-0.15, -0.1) is 0 Å². The third-order valence-corrected chi connectivity index (χ3v) is 8.72. The molecule has 3 heterocycles. The van der Waals surface area contributed by atoms with Gasteiger partial charge in [-0.05, 0) is 42.2 Å². The lowest BCUT2D eigenvalue weighted by atomic mass is 9.94. The summed E-state index contributed by atoms with van der Waals surface area (Å²) in [4.78, 5) is 42.5. The molecule has 0 spiro atoms. The zero-order chi connectivity index (χ0) is 27.0. The number of fused-ring (bicyclic) bond motifs is 9. The Morgan fingerprint density at radius 1 is 0.949 bits per heavy atom. The average molecular weight is 536 g/mol. The molecule has 2 saturated carbocycles. The van der Waals surface area contributed by atoms with Crippen LogP contribution in [0, 0.1) is 35.2 Å². The molecule has 10 heteroatoms. The van der Waals surface area contributed by atoms with Crippen LogP contribution in [0.2, 0.25) is 0 Å². The molecule has 0 radical (unpaired) electrons. The first-order valence-corrected chi connectivity index (χ1v) is 13.0. The highest BCUT2D eigenvalue weighted by molar-refractivity contribution is 5.99. The molecule has 2 bridgehead atoms. The van der Waals surface area contributed by atoms with Crippen LogP contribution in [-0.2, 0) is 19.7 Å². The second-order valence-corrected chi connectivity index (χ2v) is 10.8. The van der Waals surface area contributed by atoms with E-state index in [1.807, 2.05) is 35.2 Å². The van der Waals surface area contributed by atoms with Gasteiger partial charge in [0.05, 0.1) is 6.04 Å². The van der Waals surface area contributed by atoms with Gasteiger partial charge < -0.3 is 19.5 Å². The molecule has 2 aliphatic heterocycles. The number of benzene rings is 2. The van der Waals surface area contributed by atoms with E-state index >= 15 is 0 Å². The molecule has 1 aromatic heterocycles. The Kier molecular flexibility index (Phi) is 5.37. The number of carbonyl (C=O) groups is 2. The van der Waals surface area contributed by atoms with Gasteiger partial charge in [-0.3, -0.25) is 14.4 Å². The minimum atomic E-state index is -1.34. The molecule has 2 aliphatic carbocycles. The maximum absolute atomic E-state index is 14.1. The monoisotopic (exact) mass is 535 g/mol. The highest BCUT2D eigenvalue weighted by Gasteiger charge is 2.66. The third-order valence-electron chi connectivity index (χ3n) is 8.72. The fourth-order valence-corrected chi connectivity index (χ4v) is 6.86. The quantitative estimate of drug-likeness (QED) is 0.489. The molecule has 4 aliphatic rings. The molecular formula is C29H24F3N3O4. The first-order chi connectivity index (χ1) is 18.8. The lowest BCUT2D eigenvalue weighted by Gasteiger charge is -2.40. The summed E-state index contributed by atoms with van der Waals surface area (Å²) < 4.78 is 48.6. The number of hydrogen-bond acceptors (Lipinski definition) is 4. The summed E-state index contributed by atoms with van der Waals surface area (Å²) in [6.07, 6.45) is 3.43. The summed E-state index contributed by atoms with van der Waals surface area (Å²) in [6.45, 7) is -0.0153. The summed E-state index contributed by atoms with van der Waals surface area (Å²) in [6, 6.07) is 10.4. The molecule has 2 aromatic carbocycles. The number of amides is 2. The van der Waals surface area contributed by atoms with Crippen molar-refractivity contribution < 1.29 is 27.5 Å². The van der Waals surface area contributed by atoms with Crippen molar-refractivity contribution >= 4 is 11.8 Å². The van der Waals surface area contributed by atoms with Gasteiger partial charge in [-0.2, -0.15) is 0 Å². The number of carbonyl (C=O) groups excluding carboxylic acids is 2. The van der Waals surface area contributed by atoms with Crippen LogP contribution < -0.4 is 15.5 Å². The molecule has 7 rings (SSSR count). The van der Waals surface area contributed by atoms with Gasteiger partial charge in [0.15, 0.2) is 23.1 Å². The van der Waals surface area contributed by atoms with Gasteiger partial charge in [-0.25, -0.2) is 13.2 Å². The van der Waals surface area contributed by atoms with E-state index in [-0.39, 0.29) is 47.2 Å². The Morgan fingerprint density at radius 3 is 2.49 bits per heavy atom. The molecular weight excluding hydrogens is 511 g/mol. The lowest BCUT2D eigenvalue weighted by molar-refractivity contribution is 0.0462. The summed E-state index contributed by atoms with van der Waals surface area (Å²) in [5, 5.41) is 2.42. The molecule has 2 unspecified atom stereocenters. The molecule has 3 fully saturated rings. The number of rotatable bonds is 6. The number of aromatic nitrogens is 1. The molecule has 1 saturated heterocycles. The van der Waals surface area contributed by atoms with E-state index in [1.165, 1.54) is 6.20 Å². The zero-order valence-electron chi connectivity index (χ0n) is 20.7. The highest BCUT2D eigenvalue weighted by Crippen LogP contribution is 2.64. The fourth-order valence-electron chi connectivity index (χ4n) is 6.86. The van der Waals surface area contributed by atoms with E-state index in [4.69, 9.17) is 4.74 Å². The largest absolute Gasteiger partial charge is 0.483 e. The number of piperidine rings is 1. The second kappa shape index (κ2) is 8.72. The zero-order valence-corrected chi connectivity index (χ0v) is 20.7. The predicted octanol–water partition coefficient (Wildman–Crippen LogP) is 3.64. The summed E-state index contributed by atoms with van der Waals surface area (Å²) in [5.41, 5.74) is -0.409. The summed E-state index contributed by atoms with van der Waals surface area (Å²) >= 11 is 0. The molecule has 7 nitrogen and oxygen atoms in total. The van der Waals surface area contributed by atoms with Crippen molar-refractivity contribution in [1.82, 2.24) is 14.8 Å². The van der Waals surface area contributed by atoms with E-state index in [0.29, 0.717) is 36.4 Å².